The molecule has 0 aromatic carbocycles. The summed E-state index contributed by atoms with van der Waals surface area (Å²) in [6.45, 7) is 7.15. The smallest absolute Gasteiger partial charge is 0.227 e. The van der Waals surface area contributed by atoms with Gasteiger partial charge in [-0.05, 0) is 26.8 Å². The lowest BCUT2D eigenvalue weighted by Gasteiger charge is -2.32. The number of carbonyl (C=O) groups is 1. The second-order valence-electron chi connectivity index (χ2n) is 7.04. The number of aromatic nitrogens is 2. The first kappa shape index (κ1) is 16.5. The molecule has 2 saturated heterocycles. The predicted molar refractivity (Wildman–Crippen MR) is 88.3 cm³/mol. The monoisotopic (exact) mass is 320 g/mol. The number of likely N-dealkylation sites (tertiary alicyclic amines) is 2. The molecule has 1 aromatic heterocycles. The van der Waals surface area contributed by atoms with Crippen LogP contribution in [0.15, 0.2) is 0 Å². The van der Waals surface area contributed by atoms with E-state index in [9.17, 15) is 9.90 Å². The third-order valence-electron chi connectivity index (χ3n) is 5.25. The number of amides is 1. The van der Waals surface area contributed by atoms with E-state index in [1.165, 1.54) is 0 Å². The van der Waals surface area contributed by atoms with Crippen LogP contribution in [0.5, 0.6) is 0 Å². The number of imidazole rings is 1. The molecule has 0 bridgehead atoms. The molecule has 0 unspecified atom stereocenters. The highest BCUT2D eigenvalue weighted by molar-refractivity contribution is 5.80. The number of aryl methyl sites for hydroxylation is 2. The van der Waals surface area contributed by atoms with E-state index in [2.05, 4.69) is 30.8 Å². The van der Waals surface area contributed by atoms with E-state index in [0.29, 0.717) is 25.9 Å². The van der Waals surface area contributed by atoms with Gasteiger partial charge in [-0.25, -0.2) is 4.98 Å². The van der Waals surface area contributed by atoms with Crippen molar-refractivity contribution in [3.8, 4) is 0 Å². The van der Waals surface area contributed by atoms with Crippen LogP contribution in [0, 0.1) is 12.8 Å². The van der Waals surface area contributed by atoms with Crippen LogP contribution in [0.1, 0.15) is 42.9 Å². The zero-order valence-corrected chi connectivity index (χ0v) is 14.4. The SMILES string of the molecule is CCc1nc([C@H]2CN(C)C[C@@H]2C(=O)N2CCC(O)CC2)c(C)[nH]1. The number of piperidine rings is 1. The number of nitrogens with one attached hydrogen (secondary N) is 1. The maximum absolute atomic E-state index is 13.0. The Morgan fingerprint density at radius 3 is 2.65 bits per heavy atom. The van der Waals surface area contributed by atoms with Crippen LogP contribution in [0.2, 0.25) is 0 Å². The Labute approximate surface area is 137 Å². The average Bonchev–Trinajstić information content (AvgIpc) is 3.09. The highest BCUT2D eigenvalue weighted by Crippen LogP contribution is 2.34. The van der Waals surface area contributed by atoms with E-state index >= 15 is 0 Å². The first-order valence-electron chi connectivity index (χ1n) is 8.70. The lowest BCUT2D eigenvalue weighted by atomic mass is 9.90. The number of likely N-dealkylation sites (N-methyl/N-ethyl adjacent to an activating group) is 1. The Morgan fingerprint density at radius 1 is 1.35 bits per heavy atom. The molecule has 0 aliphatic carbocycles. The van der Waals surface area contributed by atoms with Crippen LogP contribution in [0.25, 0.3) is 0 Å². The third kappa shape index (κ3) is 3.28. The standard InChI is InChI=1S/C17H28N4O2/c1-4-15-18-11(2)16(19-15)13-9-20(3)10-14(13)17(23)21-7-5-12(22)6-8-21/h12-14,22H,4-10H2,1-3H3,(H,18,19)/t13-,14-/m0/s1. The van der Waals surface area contributed by atoms with Crippen molar-refractivity contribution in [1.29, 1.82) is 0 Å². The molecular formula is C17H28N4O2. The lowest BCUT2D eigenvalue weighted by Crippen LogP contribution is -2.44. The molecule has 2 aliphatic rings. The van der Waals surface area contributed by atoms with Gasteiger partial charge in [0.2, 0.25) is 5.91 Å². The molecule has 23 heavy (non-hydrogen) atoms. The van der Waals surface area contributed by atoms with Crippen molar-refractivity contribution in [2.45, 2.75) is 45.1 Å². The predicted octanol–water partition coefficient (Wildman–Crippen LogP) is 0.909. The zero-order valence-electron chi connectivity index (χ0n) is 14.4. The second kappa shape index (κ2) is 6.61. The summed E-state index contributed by atoms with van der Waals surface area (Å²) in [5, 5.41) is 9.65. The Bertz CT molecular complexity index is 563. The molecule has 6 heteroatoms. The fourth-order valence-corrected chi connectivity index (χ4v) is 3.91. The Balaban J connectivity index is 1.79. The Kier molecular flexibility index (Phi) is 4.73. The molecule has 0 saturated carbocycles. The van der Waals surface area contributed by atoms with Gasteiger partial charge in [-0.3, -0.25) is 4.79 Å². The van der Waals surface area contributed by atoms with Crippen LogP contribution in [0.3, 0.4) is 0 Å². The van der Waals surface area contributed by atoms with Crippen molar-refractivity contribution >= 4 is 5.91 Å². The van der Waals surface area contributed by atoms with E-state index in [4.69, 9.17) is 4.98 Å². The van der Waals surface area contributed by atoms with Crippen molar-refractivity contribution in [2.24, 2.45) is 5.92 Å². The number of hydrogen-bond acceptors (Lipinski definition) is 4. The fraction of sp³-hybridized carbons (Fsp3) is 0.765. The number of rotatable bonds is 3. The molecular weight excluding hydrogens is 292 g/mol. The third-order valence-corrected chi connectivity index (χ3v) is 5.25. The minimum Gasteiger partial charge on any atom is -0.393 e. The van der Waals surface area contributed by atoms with Gasteiger partial charge in [0.1, 0.15) is 5.82 Å². The maximum atomic E-state index is 13.0. The molecule has 1 aromatic rings. The molecule has 2 N–H and O–H groups in total. The van der Waals surface area contributed by atoms with Gasteiger partial charge in [-0.2, -0.15) is 0 Å². The molecule has 3 rings (SSSR count). The molecule has 6 nitrogen and oxygen atoms in total. The second-order valence-corrected chi connectivity index (χ2v) is 7.04. The van der Waals surface area contributed by atoms with Gasteiger partial charge in [-0.1, -0.05) is 6.92 Å². The maximum Gasteiger partial charge on any atom is 0.227 e. The summed E-state index contributed by atoms with van der Waals surface area (Å²) in [5.41, 5.74) is 2.15. The van der Waals surface area contributed by atoms with Gasteiger partial charge >= 0.3 is 0 Å². The van der Waals surface area contributed by atoms with Crippen LogP contribution in [0.4, 0.5) is 0 Å². The highest BCUT2D eigenvalue weighted by atomic mass is 16.3. The van der Waals surface area contributed by atoms with E-state index in [-0.39, 0.29) is 23.8 Å². The summed E-state index contributed by atoms with van der Waals surface area (Å²) in [4.78, 5) is 25.3. The van der Waals surface area contributed by atoms with Crippen LogP contribution < -0.4 is 0 Å². The minimum atomic E-state index is -0.248. The first-order valence-corrected chi connectivity index (χ1v) is 8.70. The van der Waals surface area contributed by atoms with Crippen molar-refractivity contribution in [3.63, 3.8) is 0 Å². The highest BCUT2D eigenvalue weighted by Gasteiger charge is 2.41. The summed E-state index contributed by atoms with van der Waals surface area (Å²) in [6, 6.07) is 0. The van der Waals surface area contributed by atoms with Crippen molar-refractivity contribution < 1.29 is 9.90 Å². The van der Waals surface area contributed by atoms with E-state index < -0.39 is 0 Å². The number of aliphatic hydroxyl groups is 1. The van der Waals surface area contributed by atoms with Crippen LogP contribution >= 0.6 is 0 Å². The van der Waals surface area contributed by atoms with Crippen LogP contribution in [-0.4, -0.2) is 70.1 Å². The fourth-order valence-electron chi connectivity index (χ4n) is 3.91. The molecule has 0 spiro atoms. The first-order chi connectivity index (χ1) is 11.0. The van der Waals surface area contributed by atoms with Crippen molar-refractivity contribution in [3.05, 3.63) is 17.2 Å². The average molecular weight is 320 g/mol. The zero-order chi connectivity index (χ0) is 16.6. The Morgan fingerprint density at radius 2 is 2.04 bits per heavy atom. The molecule has 128 valence electrons. The molecule has 2 aliphatic heterocycles. The number of carbonyl (C=O) groups excluding carboxylic acids is 1. The number of aromatic amines is 1. The largest absolute Gasteiger partial charge is 0.393 e. The van der Waals surface area contributed by atoms with E-state index in [1.807, 2.05) is 4.90 Å². The molecule has 3 heterocycles. The van der Waals surface area contributed by atoms with Crippen molar-refractivity contribution in [1.82, 2.24) is 19.8 Å². The number of aliphatic hydroxyl groups excluding tert-OH is 1. The summed E-state index contributed by atoms with van der Waals surface area (Å²) < 4.78 is 0. The number of H-pyrrole nitrogens is 1. The van der Waals surface area contributed by atoms with Crippen LogP contribution in [-0.2, 0) is 11.2 Å². The summed E-state index contributed by atoms with van der Waals surface area (Å²) in [5.74, 6) is 1.36. The quantitative estimate of drug-likeness (QED) is 0.868. The minimum absolute atomic E-state index is 0.0260. The normalized spacial score (nSPS) is 26.9. The van der Waals surface area contributed by atoms with Gasteiger partial charge in [0.05, 0.1) is 17.7 Å². The van der Waals surface area contributed by atoms with E-state index in [1.54, 1.807) is 0 Å². The lowest BCUT2D eigenvalue weighted by molar-refractivity contribution is -0.137. The Hall–Kier alpha value is -1.40. The molecule has 2 fully saturated rings. The molecule has 2 atom stereocenters. The van der Waals surface area contributed by atoms with Crippen molar-refractivity contribution in [2.75, 3.05) is 33.2 Å². The summed E-state index contributed by atoms with van der Waals surface area (Å²) >= 11 is 0. The topological polar surface area (TPSA) is 72.5 Å². The summed E-state index contributed by atoms with van der Waals surface area (Å²) in [6.07, 6.45) is 2.02. The molecule has 1 amide bonds. The van der Waals surface area contributed by atoms with Gasteiger partial charge in [-0.15, -0.1) is 0 Å². The van der Waals surface area contributed by atoms with E-state index in [0.717, 1.165) is 36.7 Å². The van der Waals surface area contributed by atoms with Gasteiger partial charge in [0.15, 0.2) is 0 Å². The molecule has 0 radical (unpaired) electrons. The van der Waals surface area contributed by atoms with Gasteiger partial charge in [0.25, 0.3) is 0 Å². The number of hydrogen-bond donors (Lipinski definition) is 2. The summed E-state index contributed by atoms with van der Waals surface area (Å²) in [7, 11) is 2.07. The van der Waals surface area contributed by atoms with Gasteiger partial charge < -0.3 is 19.9 Å². The van der Waals surface area contributed by atoms with Gasteiger partial charge in [0, 0.05) is 44.2 Å². The number of nitrogens with zero attached hydrogens (tertiary/aromatic N) is 3.